The Morgan fingerprint density at radius 3 is 1.22 bits per heavy atom. The van der Waals surface area contributed by atoms with Crippen molar-refractivity contribution in [3.63, 3.8) is 0 Å². The number of hydrogen-bond donors (Lipinski definition) is 0. The first-order valence-corrected chi connectivity index (χ1v) is 14.9. The van der Waals surface area contributed by atoms with Gasteiger partial charge in [0.1, 0.15) is 0 Å². The molecule has 2 rings (SSSR count). The lowest BCUT2D eigenvalue weighted by Gasteiger charge is -2.15. The number of unbranched alkanes of at least 4 members (excludes halogenated alkanes) is 17. The summed E-state index contributed by atoms with van der Waals surface area (Å²) >= 11 is 0. The van der Waals surface area contributed by atoms with Gasteiger partial charge >= 0.3 is 0 Å². The molecule has 0 aromatic heterocycles. The van der Waals surface area contributed by atoms with E-state index in [4.69, 9.17) is 0 Å². The Morgan fingerprint density at radius 1 is 0.519 bits per heavy atom. The average molecular weight is 395 g/mol. The van der Waals surface area contributed by atoms with Crippen LogP contribution in [0.1, 0.15) is 142 Å². The molecular formula is C26H51P. The van der Waals surface area contributed by atoms with Crippen molar-refractivity contribution >= 4 is 7.92 Å². The first kappa shape index (κ1) is 23.7. The zero-order chi connectivity index (χ0) is 19.0. The smallest absolute Gasteiger partial charge is 0.0181 e. The molecule has 0 aliphatic carbocycles. The van der Waals surface area contributed by atoms with Crippen LogP contribution in [-0.2, 0) is 0 Å². The van der Waals surface area contributed by atoms with E-state index in [1.807, 2.05) is 0 Å². The highest BCUT2D eigenvalue weighted by molar-refractivity contribution is 7.59. The molecule has 2 aliphatic rings. The molecule has 0 N–H and O–H groups in total. The van der Waals surface area contributed by atoms with Gasteiger partial charge in [0.05, 0.1) is 0 Å². The van der Waals surface area contributed by atoms with E-state index < -0.39 is 0 Å². The lowest BCUT2D eigenvalue weighted by molar-refractivity contribution is 0.472. The quantitative estimate of drug-likeness (QED) is 0.151. The molecule has 2 fully saturated rings. The van der Waals surface area contributed by atoms with Crippen LogP contribution in [0.2, 0.25) is 0 Å². The van der Waals surface area contributed by atoms with Gasteiger partial charge in [0, 0.05) is 0 Å². The van der Waals surface area contributed by atoms with Crippen LogP contribution in [0.5, 0.6) is 0 Å². The molecule has 27 heavy (non-hydrogen) atoms. The number of fused-ring (bicyclic) bond motifs is 2. The molecule has 0 saturated carbocycles. The fraction of sp³-hybridized carbons (Fsp3) is 1.00. The van der Waals surface area contributed by atoms with Crippen molar-refractivity contribution < 1.29 is 0 Å². The van der Waals surface area contributed by atoms with E-state index >= 15 is 0 Å². The summed E-state index contributed by atoms with van der Waals surface area (Å²) in [5.41, 5.74) is 1.22. The summed E-state index contributed by atoms with van der Waals surface area (Å²) in [6.07, 6.45) is 35.0. The Balaban J connectivity index is 1.21. The highest BCUT2D eigenvalue weighted by Gasteiger charge is 2.40. The second-order valence-corrected chi connectivity index (χ2v) is 12.5. The third-order valence-corrected chi connectivity index (χ3v) is 10.7. The highest BCUT2D eigenvalue weighted by atomic mass is 31.1. The van der Waals surface area contributed by atoms with Crippen LogP contribution < -0.4 is 0 Å². The summed E-state index contributed by atoms with van der Waals surface area (Å²) in [5.74, 6) is 1.18. The van der Waals surface area contributed by atoms with Gasteiger partial charge in [-0.15, -0.1) is 7.92 Å². The van der Waals surface area contributed by atoms with Crippen LogP contribution >= 0.6 is 7.92 Å². The Kier molecular flexibility index (Phi) is 14.3. The molecular weight excluding hydrogens is 343 g/mol. The summed E-state index contributed by atoms with van der Waals surface area (Å²) in [4.78, 5) is 0. The van der Waals surface area contributed by atoms with Gasteiger partial charge in [-0.1, -0.05) is 122 Å². The van der Waals surface area contributed by atoms with E-state index in [-0.39, 0.29) is 0 Å². The molecule has 0 aromatic carbocycles. The Morgan fingerprint density at radius 2 is 0.889 bits per heavy atom. The molecule has 2 saturated heterocycles. The second kappa shape index (κ2) is 16.3. The zero-order valence-electron chi connectivity index (χ0n) is 18.9. The molecule has 0 nitrogen and oxygen atoms in total. The van der Waals surface area contributed by atoms with E-state index in [0.29, 0.717) is 7.92 Å². The van der Waals surface area contributed by atoms with Crippen molar-refractivity contribution in [2.75, 3.05) is 12.3 Å². The van der Waals surface area contributed by atoms with Crippen LogP contribution in [0.25, 0.3) is 0 Å². The van der Waals surface area contributed by atoms with Crippen molar-refractivity contribution in [1.82, 2.24) is 0 Å². The monoisotopic (exact) mass is 394 g/mol. The largest absolute Gasteiger partial charge is 0.103 e. The predicted molar refractivity (Wildman–Crippen MR) is 127 cm³/mol. The molecule has 2 bridgehead atoms. The minimum atomic E-state index is 0.523. The van der Waals surface area contributed by atoms with Crippen molar-refractivity contribution in [2.45, 2.75) is 147 Å². The third-order valence-electron chi connectivity index (χ3n) is 7.44. The van der Waals surface area contributed by atoms with Crippen LogP contribution in [0.15, 0.2) is 0 Å². The molecule has 1 unspecified atom stereocenters. The molecule has 1 atom stereocenters. The Hall–Kier alpha value is 0.430. The minimum Gasteiger partial charge on any atom is -0.103 e. The second-order valence-electron chi connectivity index (χ2n) is 9.74. The first-order chi connectivity index (χ1) is 13.4. The average Bonchev–Trinajstić information content (AvgIpc) is 3.26. The molecule has 2 heterocycles. The van der Waals surface area contributed by atoms with E-state index in [0.717, 1.165) is 0 Å². The summed E-state index contributed by atoms with van der Waals surface area (Å²) < 4.78 is 0. The maximum atomic E-state index is 2.31. The molecule has 0 spiro atoms. The third kappa shape index (κ3) is 10.7. The molecule has 2 aliphatic heterocycles. The summed E-state index contributed by atoms with van der Waals surface area (Å²) in [6, 6.07) is 0. The maximum Gasteiger partial charge on any atom is -0.0181 e. The van der Waals surface area contributed by atoms with Crippen LogP contribution in [0, 0.1) is 5.92 Å². The van der Waals surface area contributed by atoms with Crippen LogP contribution in [0.3, 0.4) is 0 Å². The van der Waals surface area contributed by atoms with Crippen molar-refractivity contribution in [3.05, 3.63) is 0 Å². The van der Waals surface area contributed by atoms with E-state index in [1.165, 1.54) is 121 Å². The molecule has 0 amide bonds. The molecule has 160 valence electrons. The number of hydrogen-bond acceptors (Lipinski definition) is 0. The van der Waals surface area contributed by atoms with Crippen molar-refractivity contribution in [2.24, 2.45) is 5.92 Å². The zero-order valence-corrected chi connectivity index (χ0v) is 19.8. The molecule has 1 heteroatoms. The Labute approximate surface area is 173 Å². The summed E-state index contributed by atoms with van der Waals surface area (Å²) in [5, 5.41) is 0. The van der Waals surface area contributed by atoms with Crippen molar-refractivity contribution in [1.29, 1.82) is 0 Å². The molecule has 0 radical (unpaired) electrons. The van der Waals surface area contributed by atoms with Gasteiger partial charge in [-0.3, -0.25) is 0 Å². The predicted octanol–water partition coefficient (Wildman–Crippen LogP) is 9.69. The van der Waals surface area contributed by atoms with Crippen molar-refractivity contribution in [3.8, 4) is 0 Å². The minimum absolute atomic E-state index is 0.523. The maximum absolute atomic E-state index is 2.31. The van der Waals surface area contributed by atoms with E-state index in [2.05, 4.69) is 6.92 Å². The van der Waals surface area contributed by atoms with Crippen LogP contribution in [0.4, 0.5) is 0 Å². The topological polar surface area (TPSA) is 0 Å². The first-order valence-electron chi connectivity index (χ1n) is 13.2. The standard InChI is InChI=1S/C26H51P/c1-2-3-4-5-6-7-8-9-10-11-12-13-14-15-16-17-18-19-20-26-25-21-23-27(26)24-22-25/h25-26H,2-24H2,1H3. The van der Waals surface area contributed by atoms with Gasteiger partial charge < -0.3 is 0 Å². The Bertz CT molecular complexity index is 306. The highest BCUT2D eigenvalue weighted by Crippen LogP contribution is 2.62. The lowest BCUT2D eigenvalue weighted by Crippen LogP contribution is -2.06. The fourth-order valence-electron chi connectivity index (χ4n) is 5.61. The fourth-order valence-corrected chi connectivity index (χ4v) is 9.26. The SMILES string of the molecule is CCCCCCCCCCCCCCCCCCCCC1C2CCP1CC2. The molecule has 0 aromatic rings. The van der Waals surface area contributed by atoms with Gasteiger partial charge in [-0.2, -0.15) is 0 Å². The summed E-state index contributed by atoms with van der Waals surface area (Å²) in [7, 11) is 0.523. The number of rotatable bonds is 19. The van der Waals surface area contributed by atoms with Crippen LogP contribution in [-0.4, -0.2) is 18.0 Å². The lowest BCUT2D eigenvalue weighted by atomic mass is 9.95. The van der Waals surface area contributed by atoms with Gasteiger partial charge in [0.2, 0.25) is 0 Å². The van der Waals surface area contributed by atoms with E-state index in [1.54, 1.807) is 38.0 Å². The van der Waals surface area contributed by atoms with Gasteiger partial charge in [0.25, 0.3) is 0 Å². The summed E-state index contributed by atoms with van der Waals surface area (Å²) in [6.45, 7) is 2.31. The van der Waals surface area contributed by atoms with Gasteiger partial charge in [-0.05, 0) is 43.2 Å². The van der Waals surface area contributed by atoms with Gasteiger partial charge in [-0.25, -0.2) is 0 Å². The normalized spacial score (nSPS) is 24.1. The van der Waals surface area contributed by atoms with Gasteiger partial charge in [0.15, 0.2) is 0 Å². The van der Waals surface area contributed by atoms with E-state index in [9.17, 15) is 0 Å².